The zero-order chi connectivity index (χ0) is 17.2. The van der Waals surface area contributed by atoms with E-state index in [1.165, 1.54) is 7.11 Å². The minimum atomic E-state index is -0.591. The smallest absolute Gasteiger partial charge is 0.407 e. The van der Waals surface area contributed by atoms with Crippen LogP contribution in [0.1, 0.15) is 49.1 Å². The van der Waals surface area contributed by atoms with E-state index in [9.17, 15) is 4.79 Å². The first kappa shape index (κ1) is 16.4. The standard InChI is InChI=1S/C17H23N5O2/c1-12-9-13(2)11-14(10-12)22-15(19-20-21-22)17(18-16(23)24-3)7-5-4-6-8-17/h9-11H,4-8H2,1-3H3,(H,18,23). The van der Waals surface area contributed by atoms with Gasteiger partial charge in [0, 0.05) is 0 Å². The third kappa shape index (κ3) is 3.11. The molecule has 24 heavy (non-hydrogen) atoms. The molecule has 1 aliphatic rings. The van der Waals surface area contributed by atoms with Crippen molar-refractivity contribution in [2.75, 3.05) is 7.11 Å². The van der Waals surface area contributed by atoms with Crippen LogP contribution in [-0.2, 0) is 10.3 Å². The summed E-state index contributed by atoms with van der Waals surface area (Å²) in [4.78, 5) is 11.9. The molecule has 0 bridgehead atoms. The van der Waals surface area contributed by atoms with Gasteiger partial charge in [-0.15, -0.1) is 5.10 Å². The second-order valence-electron chi connectivity index (χ2n) is 6.52. The van der Waals surface area contributed by atoms with Gasteiger partial charge in [0.05, 0.1) is 12.8 Å². The van der Waals surface area contributed by atoms with Crippen molar-refractivity contribution in [3.63, 3.8) is 0 Å². The van der Waals surface area contributed by atoms with Crippen molar-refractivity contribution in [1.29, 1.82) is 0 Å². The summed E-state index contributed by atoms with van der Waals surface area (Å²) in [6, 6.07) is 6.19. The van der Waals surface area contributed by atoms with E-state index in [0.717, 1.165) is 48.9 Å². The molecular formula is C17H23N5O2. The zero-order valence-corrected chi connectivity index (χ0v) is 14.4. The first-order valence-electron chi connectivity index (χ1n) is 8.28. The summed E-state index contributed by atoms with van der Waals surface area (Å²) in [7, 11) is 1.37. The lowest BCUT2D eigenvalue weighted by Gasteiger charge is -2.36. The summed E-state index contributed by atoms with van der Waals surface area (Å²) < 4.78 is 6.57. The van der Waals surface area contributed by atoms with E-state index in [2.05, 4.69) is 26.9 Å². The van der Waals surface area contributed by atoms with Crippen molar-refractivity contribution in [2.45, 2.75) is 51.5 Å². The number of tetrazole rings is 1. The van der Waals surface area contributed by atoms with Crippen LogP contribution in [0.4, 0.5) is 4.79 Å². The van der Waals surface area contributed by atoms with Crippen molar-refractivity contribution in [3.8, 4) is 5.69 Å². The van der Waals surface area contributed by atoms with Gasteiger partial charge in [-0.1, -0.05) is 25.3 Å². The minimum absolute atomic E-state index is 0.452. The minimum Gasteiger partial charge on any atom is -0.453 e. The number of aryl methyl sites for hydroxylation is 2. The molecule has 1 aromatic heterocycles. The van der Waals surface area contributed by atoms with Crippen molar-refractivity contribution in [3.05, 3.63) is 35.2 Å². The second kappa shape index (κ2) is 6.59. The molecule has 1 aromatic carbocycles. The summed E-state index contributed by atoms with van der Waals surface area (Å²) >= 11 is 0. The number of ether oxygens (including phenoxy) is 1. The SMILES string of the molecule is COC(=O)NC1(c2nnnn2-c2cc(C)cc(C)c2)CCCCC1. The van der Waals surface area contributed by atoms with Gasteiger partial charge in [-0.05, 0) is 60.4 Å². The molecule has 1 aliphatic carbocycles. The Hall–Kier alpha value is -2.44. The Bertz CT molecular complexity index is 714. The normalized spacial score (nSPS) is 16.6. The Morgan fingerprint density at radius 3 is 2.46 bits per heavy atom. The fourth-order valence-electron chi connectivity index (χ4n) is 3.54. The van der Waals surface area contributed by atoms with Gasteiger partial charge in [-0.3, -0.25) is 0 Å². The molecule has 0 atom stereocenters. The Morgan fingerprint density at radius 1 is 1.17 bits per heavy atom. The maximum atomic E-state index is 11.9. The lowest BCUT2D eigenvalue weighted by atomic mass is 9.81. The predicted molar refractivity (Wildman–Crippen MR) is 88.9 cm³/mol. The van der Waals surface area contributed by atoms with Crippen molar-refractivity contribution < 1.29 is 9.53 Å². The van der Waals surface area contributed by atoms with Gasteiger partial charge < -0.3 is 10.1 Å². The zero-order valence-electron chi connectivity index (χ0n) is 14.4. The molecule has 0 aliphatic heterocycles. The van der Waals surface area contributed by atoms with Crippen LogP contribution in [0.5, 0.6) is 0 Å². The molecule has 0 radical (unpaired) electrons. The average Bonchev–Trinajstić information content (AvgIpc) is 3.05. The number of carbonyl (C=O) groups is 1. The van der Waals surface area contributed by atoms with Gasteiger partial charge in [-0.2, -0.15) is 4.68 Å². The average molecular weight is 329 g/mol. The van der Waals surface area contributed by atoms with Crippen LogP contribution >= 0.6 is 0 Å². The fourth-order valence-corrected chi connectivity index (χ4v) is 3.54. The summed E-state index contributed by atoms with van der Waals surface area (Å²) in [5, 5.41) is 15.3. The van der Waals surface area contributed by atoms with E-state index in [4.69, 9.17) is 4.74 Å². The molecule has 2 aromatic rings. The van der Waals surface area contributed by atoms with Crippen LogP contribution < -0.4 is 5.32 Å². The molecule has 1 fully saturated rings. The van der Waals surface area contributed by atoms with Gasteiger partial charge in [0.25, 0.3) is 0 Å². The monoisotopic (exact) mass is 329 g/mol. The Labute approximate surface area is 141 Å². The molecular weight excluding hydrogens is 306 g/mol. The number of hydrogen-bond acceptors (Lipinski definition) is 5. The van der Waals surface area contributed by atoms with Crippen molar-refractivity contribution in [2.24, 2.45) is 0 Å². The number of carbonyl (C=O) groups excluding carboxylic acids is 1. The molecule has 1 saturated carbocycles. The third-order valence-corrected chi connectivity index (χ3v) is 4.58. The van der Waals surface area contributed by atoms with Gasteiger partial charge in [0.1, 0.15) is 5.54 Å². The molecule has 1 N–H and O–H groups in total. The summed E-state index contributed by atoms with van der Waals surface area (Å²) in [5.74, 6) is 0.664. The molecule has 0 saturated heterocycles. The lowest BCUT2D eigenvalue weighted by molar-refractivity contribution is 0.139. The van der Waals surface area contributed by atoms with Crippen LogP contribution in [0.2, 0.25) is 0 Å². The summed E-state index contributed by atoms with van der Waals surface area (Å²) in [5.41, 5.74) is 2.60. The maximum absolute atomic E-state index is 11.9. The highest BCUT2D eigenvalue weighted by Crippen LogP contribution is 2.36. The lowest BCUT2D eigenvalue weighted by Crippen LogP contribution is -2.49. The molecule has 7 nitrogen and oxygen atoms in total. The number of aromatic nitrogens is 4. The van der Waals surface area contributed by atoms with Gasteiger partial charge in [-0.25, -0.2) is 4.79 Å². The van der Waals surface area contributed by atoms with E-state index in [1.54, 1.807) is 4.68 Å². The first-order chi connectivity index (χ1) is 11.5. The van der Waals surface area contributed by atoms with Crippen LogP contribution in [0.3, 0.4) is 0 Å². The molecule has 1 amide bonds. The molecule has 0 unspecified atom stereocenters. The number of alkyl carbamates (subject to hydrolysis) is 1. The molecule has 3 rings (SSSR count). The quantitative estimate of drug-likeness (QED) is 0.936. The third-order valence-electron chi connectivity index (χ3n) is 4.58. The largest absolute Gasteiger partial charge is 0.453 e. The van der Waals surface area contributed by atoms with Gasteiger partial charge >= 0.3 is 6.09 Å². The number of nitrogens with one attached hydrogen (secondary N) is 1. The predicted octanol–water partition coefficient (Wildman–Crippen LogP) is 2.79. The van der Waals surface area contributed by atoms with Crippen LogP contribution in [-0.4, -0.2) is 33.4 Å². The Kier molecular flexibility index (Phi) is 4.51. The number of nitrogens with zero attached hydrogens (tertiary/aromatic N) is 4. The van der Waals surface area contributed by atoms with Crippen LogP contribution in [0.25, 0.3) is 5.69 Å². The van der Waals surface area contributed by atoms with Crippen LogP contribution in [0, 0.1) is 13.8 Å². The van der Waals surface area contributed by atoms with E-state index >= 15 is 0 Å². The van der Waals surface area contributed by atoms with E-state index in [1.807, 2.05) is 26.0 Å². The van der Waals surface area contributed by atoms with E-state index in [0.29, 0.717) is 5.82 Å². The van der Waals surface area contributed by atoms with Crippen LogP contribution in [0.15, 0.2) is 18.2 Å². The highest BCUT2D eigenvalue weighted by atomic mass is 16.5. The Balaban J connectivity index is 2.06. The highest BCUT2D eigenvalue weighted by Gasteiger charge is 2.41. The molecule has 1 heterocycles. The topological polar surface area (TPSA) is 81.9 Å². The number of rotatable bonds is 3. The summed E-state index contributed by atoms with van der Waals surface area (Å²) in [6.07, 6.45) is 4.33. The van der Waals surface area contributed by atoms with E-state index < -0.39 is 11.6 Å². The molecule has 7 heteroatoms. The maximum Gasteiger partial charge on any atom is 0.407 e. The number of benzene rings is 1. The first-order valence-corrected chi connectivity index (χ1v) is 8.28. The van der Waals surface area contributed by atoms with Crippen molar-refractivity contribution in [1.82, 2.24) is 25.5 Å². The number of hydrogen-bond donors (Lipinski definition) is 1. The highest BCUT2D eigenvalue weighted by molar-refractivity contribution is 5.68. The Morgan fingerprint density at radius 2 is 1.83 bits per heavy atom. The second-order valence-corrected chi connectivity index (χ2v) is 6.52. The van der Waals surface area contributed by atoms with E-state index in [-0.39, 0.29) is 0 Å². The van der Waals surface area contributed by atoms with Gasteiger partial charge in [0.2, 0.25) is 0 Å². The summed E-state index contributed by atoms with van der Waals surface area (Å²) in [6.45, 7) is 4.09. The fraction of sp³-hybridized carbons (Fsp3) is 0.529. The number of amides is 1. The molecule has 0 spiro atoms. The molecule has 128 valence electrons. The number of methoxy groups -OCH3 is 1. The van der Waals surface area contributed by atoms with Gasteiger partial charge in [0.15, 0.2) is 5.82 Å². The van der Waals surface area contributed by atoms with Crippen molar-refractivity contribution >= 4 is 6.09 Å².